The van der Waals surface area contributed by atoms with Crippen molar-refractivity contribution >= 4 is 17.3 Å². The minimum absolute atomic E-state index is 0.262. The van der Waals surface area contributed by atoms with Crippen molar-refractivity contribution < 1.29 is 14.6 Å². The van der Waals surface area contributed by atoms with E-state index in [4.69, 9.17) is 9.84 Å². The first-order valence-corrected chi connectivity index (χ1v) is 5.49. The zero-order valence-corrected chi connectivity index (χ0v) is 8.71. The minimum Gasteiger partial charge on any atom is -0.481 e. The maximum Gasteiger partial charge on any atom is 0.309 e. The Hall–Kier alpha value is -0.870. The van der Waals surface area contributed by atoms with Crippen LogP contribution in [0.5, 0.6) is 0 Å². The molecule has 0 aromatic carbocycles. The predicted molar refractivity (Wildman–Crippen MR) is 53.5 cm³/mol. The van der Waals surface area contributed by atoms with Crippen LogP contribution in [0.1, 0.15) is 23.5 Å². The Kier molecular flexibility index (Phi) is 2.56. The highest BCUT2D eigenvalue weighted by molar-refractivity contribution is 7.10. The van der Waals surface area contributed by atoms with Crippen molar-refractivity contribution in [2.24, 2.45) is 5.92 Å². The first kappa shape index (κ1) is 9.68. The highest BCUT2D eigenvalue weighted by Gasteiger charge is 2.30. The normalized spacial score (nSPS) is 22.8. The Labute approximate surface area is 86.3 Å². The molecule has 0 spiro atoms. The first-order chi connectivity index (χ1) is 6.70. The molecule has 2 rings (SSSR count). The van der Waals surface area contributed by atoms with Gasteiger partial charge in [0.2, 0.25) is 0 Å². The van der Waals surface area contributed by atoms with E-state index in [0.29, 0.717) is 6.61 Å². The molecule has 14 heavy (non-hydrogen) atoms. The van der Waals surface area contributed by atoms with E-state index in [1.807, 2.05) is 11.4 Å². The monoisotopic (exact) mass is 212 g/mol. The van der Waals surface area contributed by atoms with Crippen molar-refractivity contribution in [3.05, 3.63) is 21.9 Å². The van der Waals surface area contributed by atoms with E-state index in [9.17, 15) is 4.79 Å². The molecule has 0 saturated heterocycles. The molecule has 1 aliphatic rings. The van der Waals surface area contributed by atoms with E-state index < -0.39 is 11.9 Å². The number of fused-ring (bicyclic) bond motifs is 1. The summed E-state index contributed by atoms with van der Waals surface area (Å²) in [5.41, 5.74) is 1.07. The number of carboxylic acid groups (broad SMARTS) is 1. The van der Waals surface area contributed by atoms with Crippen molar-refractivity contribution in [3.8, 4) is 0 Å². The van der Waals surface area contributed by atoms with E-state index in [2.05, 4.69) is 0 Å². The van der Waals surface area contributed by atoms with Gasteiger partial charge in [-0.15, -0.1) is 11.3 Å². The molecular weight excluding hydrogens is 200 g/mol. The quantitative estimate of drug-likeness (QED) is 0.816. The van der Waals surface area contributed by atoms with Gasteiger partial charge >= 0.3 is 5.97 Å². The number of thiophene rings is 1. The molecule has 1 N–H and O–H groups in total. The lowest BCUT2D eigenvalue weighted by Gasteiger charge is -2.26. The lowest BCUT2D eigenvalue weighted by molar-refractivity contribution is -0.147. The number of carboxylic acids is 1. The van der Waals surface area contributed by atoms with Crippen LogP contribution in [0.4, 0.5) is 0 Å². The molecule has 0 amide bonds. The molecule has 76 valence electrons. The Morgan fingerprint density at radius 2 is 2.57 bits per heavy atom. The van der Waals surface area contributed by atoms with Crippen LogP contribution < -0.4 is 0 Å². The van der Waals surface area contributed by atoms with Gasteiger partial charge < -0.3 is 9.84 Å². The van der Waals surface area contributed by atoms with Crippen LogP contribution in [-0.2, 0) is 16.0 Å². The van der Waals surface area contributed by atoms with Gasteiger partial charge in [0.05, 0.1) is 18.6 Å². The summed E-state index contributed by atoms with van der Waals surface area (Å²) >= 11 is 1.69. The smallest absolute Gasteiger partial charge is 0.309 e. The van der Waals surface area contributed by atoms with Crippen LogP contribution in [0.3, 0.4) is 0 Å². The molecule has 0 saturated carbocycles. The van der Waals surface area contributed by atoms with Crippen molar-refractivity contribution in [2.75, 3.05) is 6.61 Å². The van der Waals surface area contributed by atoms with Crippen LogP contribution >= 0.6 is 11.3 Å². The maximum atomic E-state index is 10.9. The van der Waals surface area contributed by atoms with E-state index in [1.165, 1.54) is 4.88 Å². The molecule has 2 heterocycles. The van der Waals surface area contributed by atoms with Crippen molar-refractivity contribution in [2.45, 2.75) is 19.4 Å². The molecule has 4 heteroatoms. The molecule has 1 aliphatic heterocycles. The van der Waals surface area contributed by atoms with Gasteiger partial charge in [-0.05, 0) is 23.9 Å². The first-order valence-electron chi connectivity index (χ1n) is 4.61. The van der Waals surface area contributed by atoms with Crippen molar-refractivity contribution in [1.29, 1.82) is 0 Å². The molecule has 0 bridgehead atoms. The summed E-state index contributed by atoms with van der Waals surface area (Å²) in [6, 6.07) is 1.98. The Morgan fingerprint density at radius 1 is 1.79 bits per heavy atom. The molecule has 1 aromatic rings. The largest absolute Gasteiger partial charge is 0.481 e. The summed E-state index contributed by atoms with van der Waals surface area (Å²) in [7, 11) is 0. The Balaban J connectivity index is 2.28. The lowest BCUT2D eigenvalue weighted by atomic mass is 9.95. The number of rotatable bonds is 2. The molecule has 3 nitrogen and oxygen atoms in total. The standard InChI is InChI=1S/C10H12O3S/c1-6(10(11)12)9-7-3-5-14-8(7)2-4-13-9/h3,5-6,9H,2,4H2,1H3,(H,11,12)/t6-,9-/m0/s1. The minimum atomic E-state index is -0.797. The lowest BCUT2D eigenvalue weighted by Crippen LogP contribution is -2.25. The van der Waals surface area contributed by atoms with Gasteiger partial charge in [0, 0.05) is 11.3 Å². The third-order valence-electron chi connectivity index (χ3n) is 2.56. The van der Waals surface area contributed by atoms with E-state index >= 15 is 0 Å². The second kappa shape index (κ2) is 3.71. The second-order valence-electron chi connectivity index (χ2n) is 3.47. The van der Waals surface area contributed by atoms with Crippen LogP contribution in [0, 0.1) is 5.92 Å². The molecule has 1 aromatic heterocycles. The molecule has 0 radical (unpaired) electrons. The van der Waals surface area contributed by atoms with Gasteiger partial charge in [0.15, 0.2) is 0 Å². The molecule has 0 fully saturated rings. The molecular formula is C10H12O3S. The zero-order chi connectivity index (χ0) is 10.1. The average Bonchev–Trinajstić information content (AvgIpc) is 2.63. The number of ether oxygens (including phenoxy) is 1. The summed E-state index contributed by atoms with van der Waals surface area (Å²) < 4.78 is 5.51. The second-order valence-corrected chi connectivity index (χ2v) is 4.47. The molecule has 0 aliphatic carbocycles. The summed E-state index contributed by atoms with van der Waals surface area (Å²) in [4.78, 5) is 12.1. The van der Waals surface area contributed by atoms with Gasteiger partial charge in [-0.2, -0.15) is 0 Å². The van der Waals surface area contributed by atoms with E-state index in [0.717, 1.165) is 12.0 Å². The van der Waals surface area contributed by atoms with Gasteiger partial charge in [-0.3, -0.25) is 4.79 Å². The topological polar surface area (TPSA) is 46.5 Å². The van der Waals surface area contributed by atoms with Crippen LogP contribution in [0.25, 0.3) is 0 Å². The molecule has 0 unspecified atom stereocenters. The van der Waals surface area contributed by atoms with Gasteiger partial charge in [-0.1, -0.05) is 0 Å². The fourth-order valence-electron chi connectivity index (χ4n) is 1.72. The van der Waals surface area contributed by atoms with Crippen LogP contribution in [0.15, 0.2) is 11.4 Å². The zero-order valence-electron chi connectivity index (χ0n) is 7.90. The summed E-state index contributed by atoms with van der Waals surface area (Å²) in [5.74, 6) is -1.27. The number of aliphatic carboxylic acids is 1. The van der Waals surface area contributed by atoms with Gasteiger partial charge in [-0.25, -0.2) is 0 Å². The summed E-state index contributed by atoms with van der Waals surface area (Å²) in [6.45, 7) is 2.33. The van der Waals surface area contributed by atoms with Crippen molar-refractivity contribution in [3.63, 3.8) is 0 Å². The van der Waals surface area contributed by atoms with E-state index in [1.54, 1.807) is 18.3 Å². The fourth-order valence-corrected chi connectivity index (χ4v) is 2.62. The summed E-state index contributed by atoms with van der Waals surface area (Å²) in [5, 5.41) is 10.9. The highest BCUT2D eigenvalue weighted by Crippen LogP contribution is 2.35. The average molecular weight is 212 g/mol. The molecule has 2 atom stereocenters. The van der Waals surface area contributed by atoms with Gasteiger partial charge in [0.1, 0.15) is 0 Å². The van der Waals surface area contributed by atoms with Crippen LogP contribution in [0.2, 0.25) is 0 Å². The summed E-state index contributed by atoms with van der Waals surface area (Å²) in [6.07, 6.45) is 0.651. The number of hydrogen-bond donors (Lipinski definition) is 1. The number of carbonyl (C=O) groups is 1. The maximum absolute atomic E-state index is 10.9. The third-order valence-corrected chi connectivity index (χ3v) is 3.55. The number of hydrogen-bond acceptors (Lipinski definition) is 3. The van der Waals surface area contributed by atoms with Crippen LogP contribution in [-0.4, -0.2) is 17.7 Å². The fraction of sp³-hybridized carbons (Fsp3) is 0.500. The Morgan fingerprint density at radius 3 is 3.29 bits per heavy atom. The SMILES string of the molecule is C[C@H](C(=O)O)[C@@H]1OCCc2sccc21. The highest BCUT2D eigenvalue weighted by atomic mass is 32.1. The van der Waals surface area contributed by atoms with Crippen molar-refractivity contribution in [1.82, 2.24) is 0 Å². The Bertz CT molecular complexity index is 345. The predicted octanol–water partition coefficient (Wildman–Crippen LogP) is 2.08. The van der Waals surface area contributed by atoms with E-state index in [-0.39, 0.29) is 6.10 Å². The third kappa shape index (κ3) is 1.55. The van der Waals surface area contributed by atoms with Gasteiger partial charge in [0.25, 0.3) is 0 Å².